The molecular formula is C14H19F2N. The highest BCUT2D eigenvalue weighted by Crippen LogP contribution is 2.45. The largest absolute Gasteiger partial charge is 0.310 e. The van der Waals surface area contributed by atoms with Gasteiger partial charge in [0.05, 0.1) is 0 Å². The summed E-state index contributed by atoms with van der Waals surface area (Å²) in [4.78, 5) is 0. The predicted molar refractivity (Wildman–Crippen MR) is 65.0 cm³/mol. The van der Waals surface area contributed by atoms with Gasteiger partial charge in [-0.2, -0.15) is 0 Å². The van der Waals surface area contributed by atoms with Gasteiger partial charge in [-0.15, -0.1) is 0 Å². The van der Waals surface area contributed by atoms with Gasteiger partial charge in [0.15, 0.2) is 0 Å². The molecule has 3 heteroatoms. The SMILES string of the molecule is CCCNC1c2cc(F)cc(F)c2C(C)C1C. The summed E-state index contributed by atoms with van der Waals surface area (Å²) in [6.45, 7) is 7.07. The van der Waals surface area contributed by atoms with Crippen molar-refractivity contribution >= 4 is 0 Å². The minimum absolute atomic E-state index is 0.0742. The lowest BCUT2D eigenvalue weighted by Crippen LogP contribution is -2.25. The summed E-state index contributed by atoms with van der Waals surface area (Å²) in [5.41, 5.74) is 1.49. The molecule has 1 aromatic carbocycles. The molecule has 0 saturated carbocycles. The van der Waals surface area contributed by atoms with Gasteiger partial charge in [-0.1, -0.05) is 20.8 Å². The first-order valence-corrected chi connectivity index (χ1v) is 6.28. The molecule has 0 amide bonds. The van der Waals surface area contributed by atoms with Crippen LogP contribution in [0.15, 0.2) is 12.1 Å². The number of benzene rings is 1. The molecule has 1 aromatic rings. The second-order valence-corrected chi connectivity index (χ2v) is 4.97. The van der Waals surface area contributed by atoms with Gasteiger partial charge in [0.25, 0.3) is 0 Å². The first-order chi connectivity index (χ1) is 8.06. The van der Waals surface area contributed by atoms with E-state index in [1.807, 2.05) is 6.92 Å². The Morgan fingerprint density at radius 2 is 1.94 bits per heavy atom. The average Bonchev–Trinajstić information content (AvgIpc) is 2.49. The van der Waals surface area contributed by atoms with E-state index in [9.17, 15) is 8.78 Å². The van der Waals surface area contributed by atoms with E-state index in [0.717, 1.165) is 24.6 Å². The van der Waals surface area contributed by atoms with Gasteiger partial charge in [0.2, 0.25) is 0 Å². The molecular weight excluding hydrogens is 220 g/mol. The first kappa shape index (κ1) is 12.5. The molecule has 3 unspecified atom stereocenters. The van der Waals surface area contributed by atoms with E-state index in [-0.39, 0.29) is 12.0 Å². The maximum Gasteiger partial charge on any atom is 0.129 e. The van der Waals surface area contributed by atoms with E-state index >= 15 is 0 Å². The molecule has 2 rings (SSSR count). The van der Waals surface area contributed by atoms with Crippen LogP contribution in [0.25, 0.3) is 0 Å². The van der Waals surface area contributed by atoms with E-state index in [1.54, 1.807) is 0 Å². The van der Waals surface area contributed by atoms with Crippen LogP contribution < -0.4 is 5.32 Å². The van der Waals surface area contributed by atoms with Crippen LogP contribution in [-0.2, 0) is 0 Å². The van der Waals surface area contributed by atoms with E-state index in [4.69, 9.17) is 0 Å². The van der Waals surface area contributed by atoms with Crippen LogP contribution in [0.2, 0.25) is 0 Å². The van der Waals surface area contributed by atoms with E-state index in [1.165, 1.54) is 6.07 Å². The Balaban J connectivity index is 2.41. The van der Waals surface area contributed by atoms with Gasteiger partial charge >= 0.3 is 0 Å². The lowest BCUT2D eigenvalue weighted by atomic mass is 9.94. The number of hydrogen-bond acceptors (Lipinski definition) is 1. The minimum atomic E-state index is -0.481. The molecule has 94 valence electrons. The number of halogens is 2. The van der Waals surface area contributed by atoms with Crippen molar-refractivity contribution in [2.24, 2.45) is 5.92 Å². The molecule has 1 aliphatic carbocycles. The van der Waals surface area contributed by atoms with Crippen LogP contribution in [0, 0.1) is 17.6 Å². The number of hydrogen-bond donors (Lipinski definition) is 1. The van der Waals surface area contributed by atoms with Gasteiger partial charge in [0.1, 0.15) is 11.6 Å². The zero-order chi connectivity index (χ0) is 12.6. The zero-order valence-electron chi connectivity index (χ0n) is 10.6. The van der Waals surface area contributed by atoms with Crippen molar-refractivity contribution < 1.29 is 8.78 Å². The molecule has 0 fully saturated rings. The molecule has 0 radical (unpaired) electrons. The molecule has 0 aromatic heterocycles. The standard InChI is InChI=1S/C14H19F2N/c1-4-5-17-14-9(3)8(2)13-11(14)6-10(15)7-12(13)16/h6-9,14,17H,4-5H2,1-3H3. The fraction of sp³-hybridized carbons (Fsp3) is 0.571. The van der Waals surface area contributed by atoms with Crippen molar-refractivity contribution in [3.63, 3.8) is 0 Å². The van der Waals surface area contributed by atoms with Crippen molar-refractivity contribution in [3.05, 3.63) is 34.9 Å². The van der Waals surface area contributed by atoms with E-state index in [0.29, 0.717) is 11.5 Å². The number of rotatable bonds is 3. The van der Waals surface area contributed by atoms with Crippen LogP contribution in [0.5, 0.6) is 0 Å². The molecule has 3 atom stereocenters. The average molecular weight is 239 g/mol. The van der Waals surface area contributed by atoms with E-state index in [2.05, 4.69) is 19.2 Å². The van der Waals surface area contributed by atoms with Crippen molar-refractivity contribution in [1.82, 2.24) is 5.32 Å². The maximum absolute atomic E-state index is 13.8. The highest BCUT2D eigenvalue weighted by Gasteiger charge is 2.37. The summed E-state index contributed by atoms with van der Waals surface area (Å²) in [7, 11) is 0. The van der Waals surface area contributed by atoms with Crippen molar-refractivity contribution in [2.75, 3.05) is 6.54 Å². The maximum atomic E-state index is 13.8. The normalized spacial score (nSPS) is 27.2. The Morgan fingerprint density at radius 1 is 1.24 bits per heavy atom. The predicted octanol–water partition coefficient (Wildman–Crippen LogP) is 3.76. The summed E-state index contributed by atoms with van der Waals surface area (Å²) in [5, 5.41) is 3.39. The summed E-state index contributed by atoms with van der Waals surface area (Å²) < 4.78 is 27.1. The Labute approximate surface area is 101 Å². The molecule has 0 saturated heterocycles. The molecule has 0 heterocycles. The fourth-order valence-electron chi connectivity index (χ4n) is 2.77. The summed E-state index contributed by atoms with van der Waals surface area (Å²) in [6.07, 6.45) is 1.02. The summed E-state index contributed by atoms with van der Waals surface area (Å²) in [5.74, 6) is -0.446. The topological polar surface area (TPSA) is 12.0 Å². The Morgan fingerprint density at radius 3 is 2.59 bits per heavy atom. The highest BCUT2D eigenvalue weighted by molar-refractivity contribution is 5.40. The van der Waals surface area contributed by atoms with Crippen LogP contribution >= 0.6 is 0 Å². The Hall–Kier alpha value is -0.960. The lowest BCUT2D eigenvalue weighted by Gasteiger charge is -2.20. The van der Waals surface area contributed by atoms with Crippen molar-refractivity contribution in [1.29, 1.82) is 0 Å². The van der Waals surface area contributed by atoms with Crippen LogP contribution in [-0.4, -0.2) is 6.54 Å². The van der Waals surface area contributed by atoms with E-state index < -0.39 is 11.6 Å². The minimum Gasteiger partial charge on any atom is -0.310 e. The van der Waals surface area contributed by atoms with Crippen LogP contribution in [0.1, 0.15) is 50.3 Å². The molecule has 0 bridgehead atoms. The van der Waals surface area contributed by atoms with Gasteiger partial charge in [-0.05, 0) is 42.0 Å². The fourth-order valence-corrected chi connectivity index (χ4v) is 2.77. The molecule has 1 N–H and O–H groups in total. The van der Waals surface area contributed by atoms with Crippen LogP contribution in [0.3, 0.4) is 0 Å². The number of fused-ring (bicyclic) bond motifs is 1. The smallest absolute Gasteiger partial charge is 0.129 e. The second kappa shape index (κ2) is 4.73. The third-order valence-electron chi connectivity index (χ3n) is 3.85. The number of nitrogens with one attached hydrogen (secondary N) is 1. The Bertz CT molecular complexity index is 417. The summed E-state index contributed by atoms with van der Waals surface area (Å²) in [6, 6.07) is 2.54. The van der Waals surface area contributed by atoms with Gasteiger partial charge < -0.3 is 5.32 Å². The molecule has 1 aliphatic rings. The van der Waals surface area contributed by atoms with Crippen molar-refractivity contribution in [2.45, 2.75) is 39.2 Å². The van der Waals surface area contributed by atoms with Gasteiger partial charge in [0, 0.05) is 12.1 Å². The van der Waals surface area contributed by atoms with Gasteiger partial charge in [-0.3, -0.25) is 0 Å². The molecule has 0 spiro atoms. The molecule has 1 nitrogen and oxygen atoms in total. The summed E-state index contributed by atoms with van der Waals surface area (Å²) >= 11 is 0. The third-order valence-corrected chi connectivity index (χ3v) is 3.85. The Kier molecular flexibility index (Phi) is 3.48. The second-order valence-electron chi connectivity index (χ2n) is 4.97. The van der Waals surface area contributed by atoms with Crippen molar-refractivity contribution in [3.8, 4) is 0 Å². The lowest BCUT2D eigenvalue weighted by molar-refractivity contribution is 0.378. The third kappa shape index (κ3) is 2.08. The molecule has 17 heavy (non-hydrogen) atoms. The van der Waals surface area contributed by atoms with Gasteiger partial charge in [-0.25, -0.2) is 8.78 Å². The first-order valence-electron chi connectivity index (χ1n) is 6.28. The highest BCUT2D eigenvalue weighted by atomic mass is 19.1. The zero-order valence-corrected chi connectivity index (χ0v) is 10.6. The monoisotopic (exact) mass is 239 g/mol. The van der Waals surface area contributed by atoms with Crippen LogP contribution in [0.4, 0.5) is 8.78 Å². The quantitative estimate of drug-likeness (QED) is 0.847. The molecule has 0 aliphatic heterocycles.